The number of benzene rings is 1. The number of piperazine rings is 1. The first-order valence-corrected chi connectivity index (χ1v) is 10.5. The number of pyridine rings is 1. The molecule has 1 spiro atoms. The topological polar surface area (TPSA) is 76.4 Å². The van der Waals surface area contributed by atoms with Crippen LogP contribution in [0.15, 0.2) is 42.6 Å². The molecule has 5 rings (SSSR count). The van der Waals surface area contributed by atoms with Gasteiger partial charge in [0.25, 0.3) is 5.91 Å². The van der Waals surface area contributed by atoms with Gasteiger partial charge >= 0.3 is 0 Å². The van der Waals surface area contributed by atoms with Crippen LogP contribution in [-0.2, 0) is 0 Å². The Morgan fingerprint density at radius 2 is 1.87 bits per heavy atom. The van der Waals surface area contributed by atoms with Crippen LogP contribution in [0, 0.1) is 6.92 Å². The Morgan fingerprint density at radius 3 is 2.52 bits per heavy atom. The van der Waals surface area contributed by atoms with E-state index in [1.54, 1.807) is 24.1 Å². The third kappa shape index (κ3) is 3.57. The van der Waals surface area contributed by atoms with Gasteiger partial charge in [0.05, 0.1) is 19.0 Å². The van der Waals surface area contributed by atoms with Crippen molar-refractivity contribution in [1.82, 2.24) is 29.5 Å². The van der Waals surface area contributed by atoms with Gasteiger partial charge in [-0.1, -0.05) is 29.8 Å². The van der Waals surface area contributed by atoms with Crippen molar-refractivity contribution in [3.8, 4) is 23.0 Å². The van der Waals surface area contributed by atoms with E-state index in [1.165, 1.54) is 0 Å². The highest BCUT2D eigenvalue weighted by molar-refractivity contribution is 5.91. The number of nitrogens with zero attached hydrogens (tertiary/aromatic N) is 6. The summed E-state index contributed by atoms with van der Waals surface area (Å²) in [5.41, 5.74) is 2.92. The summed E-state index contributed by atoms with van der Waals surface area (Å²) in [4.78, 5) is 26.6. The fraction of sp³-hybridized carbons (Fsp3) is 0.391. The number of methoxy groups -OCH3 is 1. The summed E-state index contributed by atoms with van der Waals surface area (Å²) in [5, 5.41) is 4.62. The lowest BCUT2D eigenvalue weighted by Crippen LogP contribution is -2.55. The Bertz CT molecular complexity index is 1100. The normalized spacial score (nSPS) is 17.7. The number of hydrogen-bond acceptors (Lipinski definition) is 6. The number of amides is 1. The molecule has 1 aliphatic carbocycles. The lowest BCUT2D eigenvalue weighted by molar-refractivity contribution is 0.0486. The highest BCUT2D eigenvalue weighted by atomic mass is 16.5. The number of carbonyl (C=O) groups is 1. The third-order valence-electron chi connectivity index (χ3n) is 6.40. The van der Waals surface area contributed by atoms with E-state index in [2.05, 4.69) is 27.0 Å². The molecule has 1 saturated carbocycles. The third-order valence-corrected chi connectivity index (χ3v) is 6.40. The number of carbonyl (C=O) groups excluding carboxylic acids is 1. The van der Waals surface area contributed by atoms with Gasteiger partial charge in [-0.15, -0.1) is 5.10 Å². The van der Waals surface area contributed by atoms with Crippen LogP contribution in [0.3, 0.4) is 0 Å². The van der Waals surface area contributed by atoms with Crippen LogP contribution in [-0.4, -0.2) is 74.8 Å². The number of aromatic nitrogens is 4. The molecule has 2 fully saturated rings. The molecule has 1 amide bonds. The zero-order chi connectivity index (χ0) is 21.6. The van der Waals surface area contributed by atoms with Gasteiger partial charge in [-0.2, -0.15) is 0 Å². The van der Waals surface area contributed by atoms with E-state index in [0.717, 1.165) is 42.7 Å². The van der Waals surface area contributed by atoms with Crippen LogP contribution < -0.4 is 4.74 Å². The molecule has 3 aromatic rings. The maximum Gasteiger partial charge on any atom is 0.293 e. The monoisotopic (exact) mass is 418 g/mol. The van der Waals surface area contributed by atoms with Crippen molar-refractivity contribution in [2.45, 2.75) is 25.3 Å². The average molecular weight is 419 g/mol. The maximum atomic E-state index is 13.3. The van der Waals surface area contributed by atoms with Gasteiger partial charge in [0.1, 0.15) is 0 Å². The minimum Gasteiger partial charge on any atom is -0.481 e. The second-order valence-corrected chi connectivity index (χ2v) is 8.47. The Balaban J connectivity index is 1.52. The number of aryl methyl sites for hydroxylation is 1. The van der Waals surface area contributed by atoms with Crippen LogP contribution >= 0.6 is 0 Å². The summed E-state index contributed by atoms with van der Waals surface area (Å²) >= 11 is 0. The molecule has 31 heavy (non-hydrogen) atoms. The number of rotatable bonds is 4. The molecule has 0 unspecified atom stereocenters. The number of likely N-dealkylation sites (N-methyl/N-ethyl adjacent to an activating group) is 1. The highest BCUT2D eigenvalue weighted by Crippen LogP contribution is 2.43. The van der Waals surface area contributed by atoms with Crippen LogP contribution in [0.2, 0.25) is 0 Å². The molecule has 8 nitrogen and oxygen atoms in total. The van der Waals surface area contributed by atoms with Crippen LogP contribution in [0.1, 0.15) is 29.0 Å². The second-order valence-electron chi connectivity index (χ2n) is 8.47. The molecule has 1 aromatic carbocycles. The molecule has 160 valence electrons. The molecule has 0 atom stereocenters. The molecule has 3 heterocycles. The predicted molar refractivity (Wildman–Crippen MR) is 116 cm³/mol. The largest absolute Gasteiger partial charge is 0.481 e. The Labute approximate surface area is 181 Å². The van der Waals surface area contributed by atoms with Gasteiger partial charge < -0.3 is 9.64 Å². The van der Waals surface area contributed by atoms with Crippen LogP contribution in [0.5, 0.6) is 5.88 Å². The van der Waals surface area contributed by atoms with E-state index in [0.29, 0.717) is 18.2 Å². The SMILES string of the molecule is COc1ccc(-n2nc(C(=O)N3CCN(C)C4(CC4)C3)nc2-c2ccc(C)cc2)cn1. The van der Waals surface area contributed by atoms with Crippen LogP contribution in [0.25, 0.3) is 17.1 Å². The molecule has 2 aromatic heterocycles. The summed E-state index contributed by atoms with van der Waals surface area (Å²) in [7, 11) is 3.72. The molecule has 0 radical (unpaired) electrons. The quantitative estimate of drug-likeness (QED) is 0.648. The van der Waals surface area contributed by atoms with Crippen molar-refractivity contribution < 1.29 is 9.53 Å². The van der Waals surface area contributed by atoms with Crippen LogP contribution in [0.4, 0.5) is 0 Å². The Hall–Kier alpha value is -3.26. The first-order valence-electron chi connectivity index (χ1n) is 10.5. The van der Waals surface area contributed by atoms with E-state index in [-0.39, 0.29) is 17.3 Å². The Kier molecular flexibility index (Phi) is 4.74. The lowest BCUT2D eigenvalue weighted by atomic mass is 10.1. The molecule has 1 aliphatic heterocycles. The minimum absolute atomic E-state index is 0.118. The highest BCUT2D eigenvalue weighted by Gasteiger charge is 2.50. The van der Waals surface area contributed by atoms with Gasteiger partial charge in [-0.05, 0) is 32.9 Å². The van der Waals surface area contributed by atoms with Crippen molar-refractivity contribution in [2.24, 2.45) is 0 Å². The van der Waals surface area contributed by atoms with Gasteiger partial charge in [-0.25, -0.2) is 14.6 Å². The van der Waals surface area contributed by atoms with E-state index in [9.17, 15) is 4.79 Å². The number of hydrogen-bond donors (Lipinski definition) is 0. The first kappa shape index (κ1) is 19.7. The zero-order valence-electron chi connectivity index (χ0n) is 18.1. The summed E-state index contributed by atoms with van der Waals surface area (Å²) in [6.45, 7) is 4.34. The van der Waals surface area contributed by atoms with Crippen molar-refractivity contribution in [3.05, 3.63) is 54.0 Å². The van der Waals surface area contributed by atoms with E-state index in [1.807, 2.05) is 42.2 Å². The molecule has 1 saturated heterocycles. The molecular weight excluding hydrogens is 392 g/mol. The maximum absolute atomic E-state index is 13.3. The summed E-state index contributed by atoms with van der Waals surface area (Å²) in [6, 6.07) is 11.7. The molecule has 8 heteroatoms. The standard InChI is InChI=1S/C23H26N6O2/c1-16-4-6-17(7-5-16)21-25-20(26-29(21)18-8-9-19(31-3)24-14-18)22(30)28-13-12-27(2)23(15-28)10-11-23/h4-9,14H,10-13,15H2,1-3H3. The minimum atomic E-state index is -0.118. The summed E-state index contributed by atoms with van der Waals surface area (Å²) < 4.78 is 6.86. The van der Waals surface area contributed by atoms with Gasteiger partial charge in [0.15, 0.2) is 5.82 Å². The fourth-order valence-electron chi connectivity index (χ4n) is 4.15. The summed E-state index contributed by atoms with van der Waals surface area (Å²) in [5.74, 6) is 1.23. The van der Waals surface area contributed by atoms with Gasteiger partial charge in [0, 0.05) is 36.8 Å². The lowest BCUT2D eigenvalue weighted by Gasteiger charge is -2.39. The van der Waals surface area contributed by atoms with E-state index >= 15 is 0 Å². The van der Waals surface area contributed by atoms with Crippen molar-refractivity contribution in [1.29, 1.82) is 0 Å². The zero-order valence-corrected chi connectivity index (χ0v) is 18.1. The van der Waals surface area contributed by atoms with Crippen molar-refractivity contribution in [2.75, 3.05) is 33.8 Å². The molecule has 0 N–H and O–H groups in total. The average Bonchev–Trinajstić information content (AvgIpc) is 3.43. The predicted octanol–water partition coefficient (Wildman–Crippen LogP) is 2.57. The smallest absolute Gasteiger partial charge is 0.293 e. The first-order chi connectivity index (χ1) is 15.0. The fourth-order valence-corrected chi connectivity index (χ4v) is 4.15. The molecule has 2 aliphatic rings. The van der Waals surface area contributed by atoms with Crippen molar-refractivity contribution >= 4 is 5.91 Å². The van der Waals surface area contributed by atoms with Crippen molar-refractivity contribution in [3.63, 3.8) is 0 Å². The Morgan fingerprint density at radius 1 is 1.10 bits per heavy atom. The molecule has 0 bridgehead atoms. The van der Waals surface area contributed by atoms with E-state index in [4.69, 9.17) is 4.74 Å². The number of ether oxygens (including phenoxy) is 1. The second kappa shape index (κ2) is 7.46. The van der Waals surface area contributed by atoms with Gasteiger partial charge in [-0.3, -0.25) is 9.69 Å². The molecular formula is C23H26N6O2. The summed E-state index contributed by atoms with van der Waals surface area (Å²) in [6.07, 6.45) is 3.96. The van der Waals surface area contributed by atoms with E-state index < -0.39 is 0 Å². The van der Waals surface area contributed by atoms with Gasteiger partial charge in [0.2, 0.25) is 11.7 Å².